The van der Waals surface area contributed by atoms with Gasteiger partial charge in [0, 0.05) is 30.5 Å². The van der Waals surface area contributed by atoms with Gasteiger partial charge in [0.15, 0.2) is 5.82 Å². The normalized spacial score (nSPS) is 18.3. The summed E-state index contributed by atoms with van der Waals surface area (Å²) in [5.41, 5.74) is 1.86. The molecule has 1 fully saturated rings. The maximum atomic E-state index is 12.3. The summed E-state index contributed by atoms with van der Waals surface area (Å²) in [5, 5.41) is 9.29. The monoisotopic (exact) mass is 356 g/mol. The van der Waals surface area contributed by atoms with Crippen LogP contribution in [0.4, 0.5) is 17.2 Å². The highest BCUT2D eigenvalue weighted by atomic mass is 16.5. The molecule has 1 aliphatic rings. The Bertz CT molecular complexity index is 780. The fourth-order valence-electron chi connectivity index (χ4n) is 3.00. The molecule has 1 aromatic heterocycles. The number of nitrogens with one attached hydrogen (secondary N) is 2. The van der Waals surface area contributed by atoms with Crippen molar-refractivity contribution in [2.24, 2.45) is 11.8 Å². The van der Waals surface area contributed by atoms with Crippen LogP contribution in [0.1, 0.15) is 26.0 Å². The average molecular weight is 356 g/mol. The zero-order chi connectivity index (χ0) is 18.7. The Morgan fingerprint density at radius 3 is 2.27 bits per heavy atom. The van der Waals surface area contributed by atoms with Crippen molar-refractivity contribution in [3.63, 3.8) is 0 Å². The van der Waals surface area contributed by atoms with Crippen molar-refractivity contribution in [1.82, 2.24) is 5.16 Å². The Hall–Kier alpha value is -2.83. The van der Waals surface area contributed by atoms with E-state index in [4.69, 9.17) is 4.52 Å². The quantitative estimate of drug-likeness (QED) is 0.796. The zero-order valence-corrected chi connectivity index (χ0v) is 15.3. The van der Waals surface area contributed by atoms with Crippen LogP contribution in [0, 0.1) is 18.8 Å². The molecule has 3 rings (SSSR count). The van der Waals surface area contributed by atoms with Crippen molar-refractivity contribution in [2.45, 2.75) is 27.2 Å². The molecule has 1 aliphatic carbocycles. The standard InChI is InChI=1S/C19H24N4O3/c1-4-23(5-2)14-8-6-13(7-9-14)20-18(24)15-11-16(15)19(25)21-17-10-12(3)26-22-17/h6-10,15-16H,4-5,11H2,1-3H3,(H,20,24)(H,21,22,25). The molecule has 0 spiro atoms. The van der Waals surface area contributed by atoms with Crippen LogP contribution in [0.15, 0.2) is 34.9 Å². The molecule has 0 radical (unpaired) electrons. The fourth-order valence-corrected chi connectivity index (χ4v) is 3.00. The lowest BCUT2D eigenvalue weighted by molar-refractivity contribution is -0.122. The summed E-state index contributed by atoms with van der Waals surface area (Å²) in [5.74, 6) is 0.0592. The first kappa shape index (κ1) is 18.0. The van der Waals surface area contributed by atoms with Gasteiger partial charge in [-0.1, -0.05) is 5.16 Å². The molecular formula is C19H24N4O3. The largest absolute Gasteiger partial charge is 0.372 e. The summed E-state index contributed by atoms with van der Waals surface area (Å²) in [7, 11) is 0. The molecule has 7 nitrogen and oxygen atoms in total. The molecular weight excluding hydrogens is 332 g/mol. The highest BCUT2D eigenvalue weighted by Crippen LogP contribution is 2.40. The third-order valence-corrected chi connectivity index (χ3v) is 4.61. The summed E-state index contributed by atoms with van der Waals surface area (Å²) >= 11 is 0. The number of aromatic nitrogens is 1. The van der Waals surface area contributed by atoms with Gasteiger partial charge in [-0.2, -0.15) is 0 Å². The lowest BCUT2D eigenvalue weighted by Gasteiger charge is -2.21. The average Bonchev–Trinajstić information content (AvgIpc) is 3.34. The molecule has 1 heterocycles. The number of carbonyl (C=O) groups excluding carboxylic acids is 2. The summed E-state index contributed by atoms with van der Waals surface area (Å²) < 4.78 is 4.91. The number of hydrogen-bond donors (Lipinski definition) is 2. The van der Waals surface area contributed by atoms with Crippen LogP contribution in [0.3, 0.4) is 0 Å². The Kier molecular flexibility index (Phi) is 5.25. The van der Waals surface area contributed by atoms with Crippen molar-refractivity contribution in [1.29, 1.82) is 0 Å². The molecule has 1 saturated carbocycles. The molecule has 0 aliphatic heterocycles. The van der Waals surface area contributed by atoms with E-state index >= 15 is 0 Å². The van der Waals surface area contributed by atoms with E-state index in [1.807, 2.05) is 24.3 Å². The Morgan fingerprint density at radius 1 is 1.12 bits per heavy atom. The molecule has 26 heavy (non-hydrogen) atoms. The Morgan fingerprint density at radius 2 is 1.73 bits per heavy atom. The number of hydrogen-bond acceptors (Lipinski definition) is 5. The number of aryl methyl sites for hydroxylation is 1. The van der Waals surface area contributed by atoms with E-state index in [0.29, 0.717) is 18.0 Å². The summed E-state index contributed by atoms with van der Waals surface area (Å²) in [6, 6.07) is 9.41. The lowest BCUT2D eigenvalue weighted by atomic mass is 10.2. The van der Waals surface area contributed by atoms with Gasteiger partial charge in [-0.05, 0) is 51.5 Å². The van der Waals surface area contributed by atoms with E-state index in [0.717, 1.165) is 24.5 Å². The lowest BCUT2D eigenvalue weighted by Crippen LogP contribution is -2.22. The van der Waals surface area contributed by atoms with Crippen LogP contribution in [-0.2, 0) is 9.59 Å². The summed E-state index contributed by atoms with van der Waals surface area (Å²) in [6.07, 6.45) is 0.548. The third-order valence-electron chi connectivity index (χ3n) is 4.61. The van der Waals surface area contributed by atoms with E-state index in [1.54, 1.807) is 13.0 Å². The zero-order valence-electron chi connectivity index (χ0n) is 15.3. The van der Waals surface area contributed by atoms with Crippen LogP contribution in [0.25, 0.3) is 0 Å². The number of amides is 2. The topological polar surface area (TPSA) is 87.5 Å². The minimum absolute atomic E-state index is 0.128. The molecule has 2 unspecified atom stereocenters. The predicted molar refractivity (Wildman–Crippen MR) is 100 cm³/mol. The van der Waals surface area contributed by atoms with Gasteiger partial charge < -0.3 is 20.1 Å². The molecule has 0 bridgehead atoms. The summed E-state index contributed by atoms with van der Waals surface area (Å²) in [4.78, 5) is 26.7. The number of benzene rings is 1. The molecule has 138 valence electrons. The van der Waals surface area contributed by atoms with Crippen molar-refractivity contribution in [2.75, 3.05) is 28.6 Å². The summed E-state index contributed by atoms with van der Waals surface area (Å²) in [6.45, 7) is 7.84. The van der Waals surface area contributed by atoms with E-state index in [-0.39, 0.29) is 23.7 Å². The van der Waals surface area contributed by atoms with Crippen LogP contribution >= 0.6 is 0 Å². The molecule has 2 N–H and O–H groups in total. The van der Waals surface area contributed by atoms with Gasteiger partial charge in [-0.25, -0.2) is 0 Å². The second-order valence-corrected chi connectivity index (χ2v) is 6.47. The number of anilines is 3. The Balaban J connectivity index is 1.52. The number of rotatable bonds is 7. The highest BCUT2D eigenvalue weighted by Gasteiger charge is 2.48. The molecule has 2 amide bonds. The molecule has 1 aromatic carbocycles. The fraction of sp³-hybridized carbons (Fsp3) is 0.421. The molecule has 2 atom stereocenters. The molecule has 0 saturated heterocycles. The minimum atomic E-state index is -0.318. The van der Waals surface area contributed by atoms with Crippen LogP contribution in [-0.4, -0.2) is 30.1 Å². The predicted octanol–water partition coefficient (Wildman–Crippen LogP) is 3.04. The first-order valence-electron chi connectivity index (χ1n) is 8.91. The number of carbonyl (C=O) groups is 2. The van der Waals surface area contributed by atoms with Gasteiger partial charge in [0.2, 0.25) is 11.8 Å². The van der Waals surface area contributed by atoms with Crippen LogP contribution in [0.5, 0.6) is 0 Å². The van der Waals surface area contributed by atoms with E-state index in [1.165, 1.54) is 0 Å². The van der Waals surface area contributed by atoms with Gasteiger partial charge in [-0.15, -0.1) is 0 Å². The van der Waals surface area contributed by atoms with Gasteiger partial charge >= 0.3 is 0 Å². The van der Waals surface area contributed by atoms with E-state index in [2.05, 4.69) is 34.5 Å². The first-order chi connectivity index (χ1) is 12.5. The minimum Gasteiger partial charge on any atom is -0.372 e. The van der Waals surface area contributed by atoms with Gasteiger partial charge in [-0.3, -0.25) is 9.59 Å². The number of nitrogens with zero attached hydrogens (tertiary/aromatic N) is 2. The third kappa shape index (κ3) is 4.04. The SMILES string of the molecule is CCN(CC)c1ccc(NC(=O)C2CC2C(=O)Nc2cc(C)on2)cc1. The molecule has 7 heteroatoms. The second kappa shape index (κ2) is 7.59. The maximum absolute atomic E-state index is 12.3. The van der Waals surface area contributed by atoms with Gasteiger partial charge in [0.25, 0.3) is 0 Å². The second-order valence-electron chi connectivity index (χ2n) is 6.47. The van der Waals surface area contributed by atoms with Gasteiger partial charge in [0.1, 0.15) is 5.76 Å². The van der Waals surface area contributed by atoms with Gasteiger partial charge in [0.05, 0.1) is 11.8 Å². The highest BCUT2D eigenvalue weighted by molar-refractivity contribution is 6.03. The van der Waals surface area contributed by atoms with E-state index in [9.17, 15) is 9.59 Å². The van der Waals surface area contributed by atoms with Crippen molar-refractivity contribution >= 4 is 29.0 Å². The first-order valence-corrected chi connectivity index (χ1v) is 8.91. The maximum Gasteiger partial charge on any atom is 0.229 e. The Labute approximate surface area is 152 Å². The molecule has 2 aromatic rings. The van der Waals surface area contributed by atoms with Crippen molar-refractivity contribution < 1.29 is 14.1 Å². The van der Waals surface area contributed by atoms with E-state index < -0.39 is 0 Å². The van der Waals surface area contributed by atoms with Crippen molar-refractivity contribution in [3.05, 3.63) is 36.1 Å². The van der Waals surface area contributed by atoms with Crippen LogP contribution in [0.2, 0.25) is 0 Å². The van der Waals surface area contributed by atoms with Crippen LogP contribution < -0.4 is 15.5 Å². The van der Waals surface area contributed by atoms with Crippen molar-refractivity contribution in [3.8, 4) is 0 Å². The smallest absolute Gasteiger partial charge is 0.229 e.